The molecule has 0 aliphatic carbocycles. The molecule has 4 nitrogen and oxygen atoms in total. The lowest BCUT2D eigenvalue weighted by Crippen LogP contribution is -2.14. The molecule has 90 valence electrons. The van der Waals surface area contributed by atoms with Gasteiger partial charge in [-0.2, -0.15) is 5.10 Å². The van der Waals surface area contributed by atoms with Crippen molar-refractivity contribution in [1.29, 1.82) is 0 Å². The van der Waals surface area contributed by atoms with Crippen LogP contribution < -0.4 is 5.32 Å². The molecular formula is C11H12Cl2N4. The molecule has 0 atom stereocenters. The summed E-state index contributed by atoms with van der Waals surface area (Å²) in [5, 5.41) is 8.51. The molecule has 0 aliphatic heterocycles. The minimum absolute atomic E-state index is 0.579. The van der Waals surface area contributed by atoms with Crippen LogP contribution in [0.25, 0.3) is 5.82 Å². The Morgan fingerprint density at radius 3 is 2.82 bits per heavy atom. The third-order valence-electron chi connectivity index (χ3n) is 2.23. The number of halogens is 2. The number of hydrogen-bond donors (Lipinski definition) is 1. The van der Waals surface area contributed by atoms with Gasteiger partial charge < -0.3 is 5.32 Å². The Morgan fingerprint density at radius 2 is 2.18 bits per heavy atom. The predicted octanol–water partition coefficient (Wildman–Crippen LogP) is 2.68. The molecule has 2 aromatic rings. The molecule has 0 amide bonds. The van der Waals surface area contributed by atoms with Crippen LogP contribution in [0.1, 0.15) is 12.6 Å². The molecule has 0 unspecified atom stereocenters. The van der Waals surface area contributed by atoms with E-state index in [1.54, 1.807) is 23.1 Å². The van der Waals surface area contributed by atoms with Crippen LogP contribution in [0.3, 0.4) is 0 Å². The Labute approximate surface area is 110 Å². The van der Waals surface area contributed by atoms with E-state index in [0.717, 1.165) is 12.2 Å². The summed E-state index contributed by atoms with van der Waals surface area (Å²) < 4.78 is 1.62. The summed E-state index contributed by atoms with van der Waals surface area (Å²) in [6.07, 6.45) is 3.27. The molecule has 6 heteroatoms. The van der Waals surface area contributed by atoms with Crippen molar-refractivity contribution in [3.8, 4) is 5.82 Å². The maximum atomic E-state index is 6.07. The second-order valence-electron chi connectivity index (χ2n) is 3.48. The van der Waals surface area contributed by atoms with E-state index < -0.39 is 0 Å². The summed E-state index contributed by atoms with van der Waals surface area (Å²) in [6.45, 7) is 3.54. The normalized spacial score (nSPS) is 10.8. The molecule has 0 fully saturated rings. The molecule has 0 aliphatic rings. The zero-order chi connectivity index (χ0) is 12.3. The van der Waals surface area contributed by atoms with Crippen LogP contribution >= 0.6 is 23.2 Å². The number of nitrogens with one attached hydrogen (secondary N) is 1. The van der Waals surface area contributed by atoms with Crippen LogP contribution in [0, 0.1) is 0 Å². The minimum atomic E-state index is 0.579. The van der Waals surface area contributed by atoms with E-state index in [4.69, 9.17) is 23.2 Å². The van der Waals surface area contributed by atoms with Crippen LogP contribution in [0.15, 0.2) is 24.5 Å². The average Bonchev–Trinajstić information content (AvgIpc) is 2.75. The third-order valence-corrected chi connectivity index (χ3v) is 2.77. The SMILES string of the molecule is CCNCc1nc(-n2cc(Cl)cn2)ccc1Cl. The maximum Gasteiger partial charge on any atom is 0.153 e. The van der Waals surface area contributed by atoms with Gasteiger partial charge in [0.05, 0.1) is 28.1 Å². The van der Waals surface area contributed by atoms with Gasteiger partial charge in [-0.25, -0.2) is 9.67 Å². The Bertz CT molecular complexity index is 510. The van der Waals surface area contributed by atoms with Crippen LogP contribution in [-0.2, 0) is 6.54 Å². The Hall–Kier alpha value is -1.10. The number of hydrogen-bond acceptors (Lipinski definition) is 3. The molecule has 2 aromatic heterocycles. The summed E-state index contributed by atoms with van der Waals surface area (Å²) in [6, 6.07) is 3.62. The lowest BCUT2D eigenvalue weighted by atomic mass is 10.3. The number of nitrogens with zero attached hydrogens (tertiary/aromatic N) is 3. The lowest BCUT2D eigenvalue weighted by molar-refractivity contribution is 0.704. The summed E-state index contributed by atoms with van der Waals surface area (Å²) in [5.41, 5.74) is 0.803. The molecule has 2 rings (SSSR count). The van der Waals surface area contributed by atoms with Crippen molar-refractivity contribution in [3.63, 3.8) is 0 Å². The monoisotopic (exact) mass is 270 g/mol. The van der Waals surface area contributed by atoms with E-state index in [9.17, 15) is 0 Å². The Balaban J connectivity index is 2.30. The van der Waals surface area contributed by atoms with Crippen LogP contribution in [-0.4, -0.2) is 21.3 Å². The Kier molecular flexibility index (Phi) is 3.99. The van der Waals surface area contributed by atoms with Crippen molar-refractivity contribution < 1.29 is 0 Å². The topological polar surface area (TPSA) is 42.7 Å². The summed E-state index contributed by atoms with van der Waals surface area (Å²) in [5.74, 6) is 0.703. The second-order valence-corrected chi connectivity index (χ2v) is 4.33. The van der Waals surface area contributed by atoms with E-state index in [-0.39, 0.29) is 0 Å². The van der Waals surface area contributed by atoms with Gasteiger partial charge in [0.2, 0.25) is 0 Å². The van der Waals surface area contributed by atoms with Gasteiger partial charge in [0.1, 0.15) is 0 Å². The zero-order valence-electron chi connectivity index (χ0n) is 9.32. The number of aromatic nitrogens is 3. The standard InChI is InChI=1S/C11H12Cl2N4/c1-2-14-6-10-9(13)3-4-11(16-10)17-7-8(12)5-15-17/h3-5,7,14H,2,6H2,1H3. The average molecular weight is 271 g/mol. The molecule has 17 heavy (non-hydrogen) atoms. The van der Waals surface area contributed by atoms with Crippen LogP contribution in [0.2, 0.25) is 10.0 Å². The van der Waals surface area contributed by atoms with E-state index in [0.29, 0.717) is 22.4 Å². The number of rotatable bonds is 4. The summed E-state index contributed by atoms with van der Waals surface area (Å²) in [4.78, 5) is 4.44. The predicted molar refractivity (Wildman–Crippen MR) is 68.8 cm³/mol. The molecule has 0 bridgehead atoms. The second kappa shape index (κ2) is 5.49. The highest BCUT2D eigenvalue weighted by molar-refractivity contribution is 6.31. The molecule has 2 heterocycles. The third kappa shape index (κ3) is 2.97. The van der Waals surface area contributed by atoms with Gasteiger partial charge in [-0.15, -0.1) is 0 Å². The van der Waals surface area contributed by atoms with Gasteiger partial charge in [0, 0.05) is 6.54 Å². The highest BCUT2D eigenvalue weighted by Gasteiger charge is 2.06. The minimum Gasteiger partial charge on any atom is -0.311 e. The molecule has 0 saturated carbocycles. The van der Waals surface area contributed by atoms with E-state index in [1.165, 1.54) is 0 Å². The number of pyridine rings is 1. The fourth-order valence-corrected chi connectivity index (χ4v) is 1.70. The van der Waals surface area contributed by atoms with Crippen molar-refractivity contribution in [3.05, 3.63) is 40.3 Å². The summed E-state index contributed by atoms with van der Waals surface area (Å²) in [7, 11) is 0. The summed E-state index contributed by atoms with van der Waals surface area (Å²) >= 11 is 11.9. The largest absolute Gasteiger partial charge is 0.311 e. The highest BCUT2D eigenvalue weighted by Crippen LogP contribution is 2.17. The lowest BCUT2D eigenvalue weighted by Gasteiger charge is -2.07. The van der Waals surface area contributed by atoms with Crippen molar-refractivity contribution >= 4 is 23.2 Å². The van der Waals surface area contributed by atoms with Gasteiger partial charge in [-0.05, 0) is 18.7 Å². The van der Waals surface area contributed by atoms with E-state index in [2.05, 4.69) is 15.4 Å². The zero-order valence-corrected chi connectivity index (χ0v) is 10.8. The molecule has 0 radical (unpaired) electrons. The van der Waals surface area contributed by atoms with Gasteiger partial charge in [0.15, 0.2) is 5.82 Å². The highest BCUT2D eigenvalue weighted by atomic mass is 35.5. The van der Waals surface area contributed by atoms with E-state index in [1.807, 2.05) is 13.0 Å². The Morgan fingerprint density at radius 1 is 1.35 bits per heavy atom. The molecular weight excluding hydrogens is 259 g/mol. The maximum absolute atomic E-state index is 6.07. The van der Waals surface area contributed by atoms with Crippen LogP contribution in [0.4, 0.5) is 0 Å². The van der Waals surface area contributed by atoms with Gasteiger partial charge in [-0.1, -0.05) is 30.1 Å². The first-order valence-corrected chi connectivity index (χ1v) is 6.03. The molecule has 0 saturated heterocycles. The van der Waals surface area contributed by atoms with Gasteiger partial charge in [0.25, 0.3) is 0 Å². The first-order valence-electron chi connectivity index (χ1n) is 5.27. The first-order chi connectivity index (χ1) is 8.20. The van der Waals surface area contributed by atoms with E-state index >= 15 is 0 Å². The van der Waals surface area contributed by atoms with Gasteiger partial charge >= 0.3 is 0 Å². The van der Waals surface area contributed by atoms with Crippen molar-refractivity contribution in [2.24, 2.45) is 0 Å². The van der Waals surface area contributed by atoms with Crippen molar-refractivity contribution in [2.45, 2.75) is 13.5 Å². The van der Waals surface area contributed by atoms with Crippen molar-refractivity contribution in [1.82, 2.24) is 20.1 Å². The molecule has 0 spiro atoms. The molecule has 0 aromatic carbocycles. The van der Waals surface area contributed by atoms with Gasteiger partial charge in [-0.3, -0.25) is 0 Å². The fraction of sp³-hybridized carbons (Fsp3) is 0.273. The van der Waals surface area contributed by atoms with Crippen molar-refractivity contribution in [2.75, 3.05) is 6.54 Å². The van der Waals surface area contributed by atoms with Crippen LogP contribution in [0.5, 0.6) is 0 Å². The fourth-order valence-electron chi connectivity index (χ4n) is 1.39. The first kappa shape index (κ1) is 12.4. The molecule has 1 N–H and O–H groups in total. The smallest absolute Gasteiger partial charge is 0.153 e. The quantitative estimate of drug-likeness (QED) is 0.929.